The number of anilines is 1. The lowest BCUT2D eigenvalue weighted by molar-refractivity contribution is -0.129. The molecule has 0 aliphatic carbocycles. The number of rotatable bonds is 6. The predicted octanol–water partition coefficient (Wildman–Crippen LogP) is 5.35. The van der Waals surface area contributed by atoms with Gasteiger partial charge in [0, 0.05) is 55.5 Å². The Morgan fingerprint density at radius 3 is 2.50 bits per heavy atom. The molecule has 7 nitrogen and oxygen atoms in total. The summed E-state index contributed by atoms with van der Waals surface area (Å²) < 4.78 is 75.6. The average molecular weight is 580 g/mol. The second-order valence-electron chi connectivity index (χ2n) is 9.51. The van der Waals surface area contributed by atoms with Crippen LogP contribution in [-0.2, 0) is 4.79 Å². The van der Waals surface area contributed by atoms with E-state index in [4.69, 9.17) is 22.1 Å². The molecule has 1 aromatic heterocycles. The molecule has 3 aromatic rings. The topological polar surface area (TPSA) is 93.7 Å². The SMILES string of the molecule is Nc1ncnc2c1C(c1ccc(Oc3c(F)c(F)cc(F)c3F)cc1F)=NCCC2C1CCN(C(=O)CCCl)C1. The van der Waals surface area contributed by atoms with Crippen LogP contribution in [0.2, 0.25) is 0 Å². The van der Waals surface area contributed by atoms with Crippen molar-refractivity contribution < 1.29 is 31.5 Å². The first-order valence-electron chi connectivity index (χ1n) is 12.5. The van der Waals surface area contributed by atoms with E-state index >= 15 is 4.39 Å². The molecular weight excluding hydrogens is 557 g/mol. The van der Waals surface area contributed by atoms with E-state index in [2.05, 4.69) is 15.0 Å². The number of aliphatic imine (C=N–C) groups is 1. The van der Waals surface area contributed by atoms with Crippen molar-refractivity contribution >= 4 is 29.0 Å². The lowest BCUT2D eigenvalue weighted by Gasteiger charge is -2.24. The van der Waals surface area contributed by atoms with E-state index in [-0.39, 0.29) is 53.2 Å². The van der Waals surface area contributed by atoms with E-state index < -0.39 is 40.6 Å². The van der Waals surface area contributed by atoms with Crippen LogP contribution in [0.5, 0.6) is 11.5 Å². The number of hydrogen-bond acceptors (Lipinski definition) is 6. The summed E-state index contributed by atoms with van der Waals surface area (Å²) in [6, 6.07) is 3.30. The largest absolute Gasteiger partial charge is 0.451 e. The summed E-state index contributed by atoms with van der Waals surface area (Å²) in [7, 11) is 0. The van der Waals surface area contributed by atoms with E-state index in [0.29, 0.717) is 37.3 Å². The number of aromatic nitrogens is 2. The number of alkyl halides is 1. The standard InChI is InChI=1S/C27H23ClF5N5O2/c28-6-3-20(39)38-8-5-13(11-38)15-4-7-35-25(21-24(15)36-12-37-27(21)34)16-2-1-14(9-17(16)29)40-26-22(32)18(30)10-19(31)23(26)33/h1-2,9-10,12-13,15H,3-8,11H2,(H2,34,36,37). The Morgan fingerprint density at radius 2 is 1.80 bits per heavy atom. The average Bonchev–Trinajstić information content (AvgIpc) is 3.33. The minimum absolute atomic E-state index is 0.00699. The van der Waals surface area contributed by atoms with Gasteiger partial charge in [-0.15, -0.1) is 11.6 Å². The first-order chi connectivity index (χ1) is 19.2. The second-order valence-corrected chi connectivity index (χ2v) is 9.89. The molecule has 1 fully saturated rings. The summed E-state index contributed by atoms with van der Waals surface area (Å²) >= 11 is 5.73. The molecule has 2 aromatic carbocycles. The Bertz CT molecular complexity index is 1480. The Labute approximate surface area is 230 Å². The van der Waals surface area contributed by atoms with Crippen molar-refractivity contribution in [2.45, 2.75) is 25.2 Å². The van der Waals surface area contributed by atoms with Crippen molar-refractivity contribution in [3.8, 4) is 11.5 Å². The highest BCUT2D eigenvalue weighted by atomic mass is 35.5. The number of carbonyl (C=O) groups excluding carboxylic acids is 1. The van der Waals surface area contributed by atoms with Gasteiger partial charge in [-0.25, -0.2) is 23.1 Å². The van der Waals surface area contributed by atoms with Gasteiger partial charge in [-0.3, -0.25) is 9.79 Å². The number of nitrogens with zero attached hydrogens (tertiary/aromatic N) is 4. The normalized spacial score (nSPS) is 18.8. The van der Waals surface area contributed by atoms with E-state index in [9.17, 15) is 22.4 Å². The third-order valence-corrected chi connectivity index (χ3v) is 7.33. The highest BCUT2D eigenvalue weighted by Crippen LogP contribution is 2.39. The minimum Gasteiger partial charge on any atom is -0.451 e. The van der Waals surface area contributed by atoms with Gasteiger partial charge in [-0.1, -0.05) is 0 Å². The molecule has 210 valence electrons. The van der Waals surface area contributed by atoms with Crippen LogP contribution in [0.25, 0.3) is 0 Å². The summed E-state index contributed by atoms with van der Waals surface area (Å²) in [5, 5.41) is 0. The zero-order valence-corrected chi connectivity index (χ0v) is 21.7. The maximum Gasteiger partial charge on any atom is 0.223 e. The van der Waals surface area contributed by atoms with Crippen molar-refractivity contribution in [2.24, 2.45) is 10.9 Å². The van der Waals surface area contributed by atoms with E-state index in [1.165, 1.54) is 18.5 Å². The number of nitrogen functional groups attached to an aromatic ring is 1. The van der Waals surface area contributed by atoms with Gasteiger partial charge in [0.15, 0.2) is 11.6 Å². The van der Waals surface area contributed by atoms with E-state index in [1.807, 2.05) is 0 Å². The fourth-order valence-corrected chi connectivity index (χ4v) is 5.40. The number of fused-ring (bicyclic) bond motifs is 1. The van der Waals surface area contributed by atoms with Crippen LogP contribution >= 0.6 is 11.6 Å². The number of benzene rings is 2. The molecule has 2 N–H and O–H groups in total. The molecule has 0 spiro atoms. The molecule has 40 heavy (non-hydrogen) atoms. The van der Waals surface area contributed by atoms with Crippen LogP contribution in [0, 0.1) is 35.0 Å². The number of carbonyl (C=O) groups is 1. The van der Waals surface area contributed by atoms with Gasteiger partial charge in [0.2, 0.25) is 23.3 Å². The Balaban J connectivity index is 1.46. The monoisotopic (exact) mass is 579 g/mol. The Morgan fingerprint density at radius 1 is 1.05 bits per heavy atom. The molecular formula is C27H23ClF5N5O2. The fourth-order valence-electron chi connectivity index (χ4n) is 5.24. The first-order valence-corrected chi connectivity index (χ1v) is 13.0. The van der Waals surface area contributed by atoms with Gasteiger partial charge in [0.1, 0.15) is 23.7 Å². The third kappa shape index (κ3) is 5.19. The molecule has 3 heterocycles. The number of amides is 1. The predicted molar refractivity (Wildman–Crippen MR) is 137 cm³/mol. The molecule has 2 atom stereocenters. The molecule has 5 rings (SSSR count). The molecule has 1 saturated heterocycles. The smallest absolute Gasteiger partial charge is 0.223 e. The lowest BCUT2D eigenvalue weighted by atomic mass is 9.83. The van der Waals surface area contributed by atoms with Crippen LogP contribution in [0.4, 0.5) is 27.8 Å². The second kappa shape index (κ2) is 11.4. The third-order valence-electron chi connectivity index (χ3n) is 7.15. The first kappa shape index (κ1) is 27.8. The summed E-state index contributed by atoms with van der Waals surface area (Å²) in [5.41, 5.74) is 7.36. The molecule has 0 saturated carbocycles. The number of nitrogens with two attached hydrogens (primary N) is 1. The summed E-state index contributed by atoms with van der Waals surface area (Å²) in [6.07, 6.45) is 2.89. The maximum absolute atomic E-state index is 15.4. The molecule has 2 aliphatic rings. The number of halogens is 6. The van der Waals surface area contributed by atoms with Gasteiger partial charge < -0.3 is 15.4 Å². The van der Waals surface area contributed by atoms with Gasteiger partial charge in [0.25, 0.3) is 0 Å². The zero-order valence-electron chi connectivity index (χ0n) is 20.9. The van der Waals surface area contributed by atoms with Crippen LogP contribution < -0.4 is 10.5 Å². The van der Waals surface area contributed by atoms with Crippen molar-refractivity contribution in [1.29, 1.82) is 0 Å². The summed E-state index contributed by atoms with van der Waals surface area (Å²) in [5.74, 6) is -9.20. The van der Waals surface area contributed by atoms with Crippen LogP contribution in [0.3, 0.4) is 0 Å². The Kier molecular flexibility index (Phi) is 7.88. The molecule has 13 heteroatoms. The van der Waals surface area contributed by atoms with Gasteiger partial charge in [-0.05, 0) is 30.9 Å². The highest BCUT2D eigenvalue weighted by molar-refractivity contribution is 6.19. The van der Waals surface area contributed by atoms with Gasteiger partial charge in [0.05, 0.1) is 17.0 Å². The van der Waals surface area contributed by atoms with Gasteiger partial charge in [-0.2, -0.15) is 8.78 Å². The maximum atomic E-state index is 15.4. The quantitative estimate of drug-likeness (QED) is 0.241. The molecule has 0 radical (unpaired) electrons. The molecule has 2 unspecified atom stereocenters. The van der Waals surface area contributed by atoms with Crippen molar-refractivity contribution in [2.75, 3.05) is 31.2 Å². The van der Waals surface area contributed by atoms with E-state index in [0.717, 1.165) is 12.5 Å². The zero-order chi connectivity index (χ0) is 28.6. The van der Waals surface area contributed by atoms with Crippen molar-refractivity contribution in [3.05, 3.63) is 76.5 Å². The van der Waals surface area contributed by atoms with Crippen molar-refractivity contribution in [1.82, 2.24) is 14.9 Å². The fraction of sp³-hybridized carbons (Fsp3) is 0.333. The summed E-state index contributed by atoms with van der Waals surface area (Å²) in [6.45, 7) is 1.42. The summed E-state index contributed by atoms with van der Waals surface area (Å²) in [4.78, 5) is 27.3. The minimum atomic E-state index is -1.75. The molecule has 1 amide bonds. The highest BCUT2D eigenvalue weighted by Gasteiger charge is 2.37. The molecule has 0 bridgehead atoms. The van der Waals surface area contributed by atoms with Crippen LogP contribution in [-0.4, -0.2) is 52.0 Å². The van der Waals surface area contributed by atoms with Crippen LogP contribution in [0.15, 0.2) is 35.6 Å². The number of ether oxygens (including phenoxy) is 1. The number of hydrogen-bond donors (Lipinski definition) is 1. The van der Waals surface area contributed by atoms with Crippen LogP contribution in [0.1, 0.15) is 42.0 Å². The number of likely N-dealkylation sites (tertiary alicyclic amines) is 1. The Hall–Kier alpha value is -3.80. The van der Waals surface area contributed by atoms with Crippen molar-refractivity contribution in [3.63, 3.8) is 0 Å². The van der Waals surface area contributed by atoms with Gasteiger partial charge >= 0.3 is 0 Å². The molecule has 2 aliphatic heterocycles. The lowest BCUT2D eigenvalue weighted by Crippen LogP contribution is -2.30. The van der Waals surface area contributed by atoms with E-state index in [1.54, 1.807) is 4.90 Å².